The number of hydrogen-bond acceptors (Lipinski definition) is 2. The summed E-state index contributed by atoms with van der Waals surface area (Å²) in [5.74, 6) is -0.285. The second kappa shape index (κ2) is 8.86. The van der Waals surface area contributed by atoms with E-state index in [9.17, 15) is 9.00 Å². The van der Waals surface area contributed by atoms with E-state index in [2.05, 4.69) is 6.92 Å². The molecule has 1 aromatic rings. The van der Waals surface area contributed by atoms with E-state index in [1.807, 2.05) is 0 Å². The predicted molar refractivity (Wildman–Crippen MR) is 78.1 cm³/mol. The topological polar surface area (TPSA) is 54.4 Å². The summed E-state index contributed by atoms with van der Waals surface area (Å²) < 4.78 is 12.0. The van der Waals surface area contributed by atoms with Crippen LogP contribution in [0, 0.1) is 0 Å². The highest BCUT2D eigenvalue weighted by molar-refractivity contribution is 7.85. The van der Waals surface area contributed by atoms with Gasteiger partial charge < -0.3 is 5.11 Å². The van der Waals surface area contributed by atoms with Crippen molar-refractivity contribution in [3.63, 3.8) is 0 Å². The first-order chi connectivity index (χ1) is 9.15. The highest BCUT2D eigenvalue weighted by Crippen LogP contribution is 2.12. The van der Waals surface area contributed by atoms with Crippen LogP contribution in [-0.2, 0) is 10.8 Å². The average Bonchev–Trinajstić information content (AvgIpc) is 2.42. The van der Waals surface area contributed by atoms with Gasteiger partial charge in [-0.25, -0.2) is 4.79 Å². The molecule has 0 fully saturated rings. The molecule has 1 aromatic carbocycles. The summed E-state index contributed by atoms with van der Waals surface area (Å²) in [5, 5.41) is 8.78. The van der Waals surface area contributed by atoms with Gasteiger partial charge in [-0.2, -0.15) is 0 Å². The number of unbranched alkanes of at least 4 members (excludes halogenated alkanes) is 5. The molecule has 0 bridgehead atoms. The number of carbonyl (C=O) groups is 1. The summed E-state index contributed by atoms with van der Waals surface area (Å²) in [6, 6.07) is 6.32. The molecule has 106 valence electrons. The smallest absolute Gasteiger partial charge is 0.335 e. The molecule has 0 aliphatic rings. The van der Waals surface area contributed by atoms with E-state index in [1.54, 1.807) is 12.1 Å². The molecule has 0 amide bonds. The second-order valence-electron chi connectivity index (χ2n) is 4.65. The Morgan fingerprint density at radius 2 is 1.63 bits per heavy atom. The van der Waals surface area contributed by atoms with Crippen molar-refractivity contribution in [2.45, 2.75) is 50.3 Å². The molecule has 1 atom stereocenters. The van der Waals surface area contributed by atoms with E-state index in [1.165, 1.54) is 37.8 Å². The average molecular weight is 282 g/mol. The normalized spacial score (nSPS) is 12.3. The van der Waals surface area contributed by atoms with Crippen molar-refractivity contribution in [2.75, 3.05) is 5.75 Å². The molecule has 3 nitrogen and oxygen atoms in total. The highest BCUT2D eigenvalue weighted by Gasteiger charge is 2.06. The second-order valence-corrected chi connectivity index (χ2v) is 6.22. The molecule has 0 aliphatic carbocycles. The van der Waals surface area contributed by atoms with Gasteiger partial charge in [0, 0.05) is 10.6 Å². The first kappa shape index (κ1) is 15.9. The van der Waals surface area contributed by atoms with Gasteiger partial charge in [-0.3, -0.25) is 4.21 Å². The Bertz CT molecular complexity index is 412. The van der Waals surface area contributed by atoms with Gasteiger partial charge in [0.2, 0.25) is 0 Å². The van der Waals surface area contributed by atoms with Gasteiger partial charge in [0.15, 0.2) is 0 Å². The third kappa shape index (κ3) is 6.01. The summed E-state index contributed by atoms with van der Waals surface area (Å²) in [7, 11) is -1.01. The SMILES string of the molecule is CCCCCCCCS(=O)c1ccc(C(=O)O)cc1. The minimum atomic E-state index is -1.01. The molecule has 0 radical (unpaired) electrons. The van der Waals surface area contributed by atoms with Gasteiger partial charge in [-0.1, -0.05) is 39.0 Å². The van der Waals surface area contributed by atoms with E-state index in [0.29, 0.717) is 5.75 Å². The Kier molecular flexibility index (Phi) is 7.41. The number of hydrogen-bond donors (Lipinski definition) is 1. The predicted octanol–water partition coefficient (Wildman–Crippen LogP) is 3.85. The van der Waals surface area contributed by atoms with Crippen LogP contribution in [-0.4, -0.2) is 21.0 Å². The van der Waals surface area contributed by atoms with Crippen molar-refractivity contribution in [2.24, 2.45) is 0 Å². The number of carboxylic acid groups (broad SMARTS) is 1. The van der Waals surface area contributed by atoms with Crippen LogP contribution in [0.15, 0.2) is 29.2 Å². The van der Waals surface area contributed by atoms with Crippen LogP contribution in [0.2, 0.25) is 0 Å². The molecule has 0 aliphatic heterocycles. The molecule has 1 N–H and O–H groups in total. The lowest BCUT2D eigenvalue weighted by atomic mass is 10.1. The largest absolute Gasteiger partial charge is 0.478 e. The molecule has 1 rings (SSSR count). The van der Waals surface area contributed by atoms with E-state index in [-0.39, 0.29) is 5.56 Å². The molecule has 4 heteroatoms. The number of carboxylic acids is 1. The third-order valence-corrected chi connectivity index (χ3v) is 4.50. The number of aromatic carboxylic acids is 1. The fraction of sp³-hybridized carbons (Fsp3) is 0.533. The van der Waals surface area contributed by atoms with Gasteiger partial charge in [0.25, 0.3) is 0 Å². The van der Waals surface area contributed by atoms with Crippen LogP contribution in [0.4, 0.5) is 0 Å². The van der Waals surface area contributed by atoms with Crippen LogP contribution in [0.3, 0.4) is 0 Å². The molecule has 1 unspecified atom stereocenters. The lowest BCUT2D eigenvalue weighted by Gasteiger charge is -2.03. The molecule has 0 saturated heterocycles. The Morgan fingerprint density at radius 1 is 1.05 bits per heavy atom. The minimum absolute atomic E-state index is 0.236. The summed E-state index contributed by atoms with van der Waals surface area (Å²) >= 11 is 0. The van der Waals surface area contributed by atoms with Crippen molar-refractivity contribution >= 4 is 16.8 Å². The summed E-state index contributed by atoms with van der Waals surface area (Å²) in [5.41, 5.74) is 0.236. The van der Waals surface area contributed by atoms with Crippen molar-refractivity contribution in [1.29, 1.82) is 0 Å². The lowest BCUT2D eigenvalue weighted by Crippen LogP contribution is -2.00. The van der Waals surface area contributed by atoms with Crippen molar-refractivity contribution in [3.8, 4) is 0 Å². The van der Waals surface area contributed by atoms with Crippen LogP contribution in [0.1, 0.15) is 55.8 Å². The van der Waals surface area contributed by atoms with Crippen LogP contribution < -0.4 is 0 Å². The minimum Gasteiger partial charge on any atom is -0.478 e. The van der Waals surface area contributed by atoms with E-state index in [4.69, 9.17) is 5.11 Å². The van der Waals surface area contributed by atoms with Crippen LogP contribution in [0.5, 0.6) is 0 Å². The van der Waals surface area contributed by atoms with Crippen LogP contribution >= 0.6 is 0 Å². The highest BCUT2D eigenvalue weighted by atomic mass is 32.2. The molecular weight excluding hydrogens is 260 g/mol. The Morgan fingerprint density at radius 3 is 2.21 bits per heavy atom. The summed E-state index contributed by atoms with van der Waals surface area (Å²) in [6.07, 6.45) is 7.08. The zero-order valence-corrected chi connectivity index (χ0v) is 12.2. The fourth-order valence-electron chi connectivity index (χ4n) is 1.88. The Labute approximate surface area is 117 Å². The monoisotopic (exact) mass is 282 g/mol. The number of benzene rings is 1. The number of rotatable bonds is 9. The standard InChI is InChI=1S/C15H22O3S/c1-2-3-4-5-6-7-12-19(18)14-10-8-13(9-11-14)15(16)17/h8-11H,2-7,12H2,1H3,(H,16,17). The maximum absolute atomic E-state index is 12.0. The van der Waals surface area contributed by atoms with E-state index in [0.717, 1.165) is 17.7 Å². The van der Waals surface area contributed by atoms with Crippen molar-refractivity contribution in [1.82, 2.24) is 0 Å². The Balaban J connectivity index is 2.31. The zero-order chi connectivity index (χ0) is 14.1. The van der Waals surface area contributed by atoms with Gasteiger partial charge in [-0.05, 0) is 30.7 Å². The first-order valence-electron chi connectivity index (χ1n) is 6.87. The molecule has 0 aromatic heterocycles. The van der Waals surface area contributed by atoms with Gasteiger partial charge >= 0.3 is 5.97 Å². The molecule has 19 heavy (non-hydrogen) atoms. The lowest BCUT2D eigenvalue weighted by molar-refractivity contribution is 0.0697. The summed E-state index contributed by atoms with van der Waals surface area (Å²) in [6.45, 7) is 2.19. The molecular formula is C15H22O3S. The fourth-order valence-corrected chi connectivity index (χ4v) is 3.02. The first-order valence-corrected chi connectivity index (χ1v) is 8.18. The van der Waals surface area contributed by atoms with Gasteiger partial charge in [-0.15, -0.1) is 0 Å². The van der Waals surface area contributed by atoms with Gasteiger partial charge in [0.05, 0.1) is 16.4 Å². The van der Waals surface area contributed by atoms with E-state index >= 15 is 0 Å². The van der Waals surface area contributed by atoms with Crippen molar-refractivity contribution < 1.29 is 14.1 Å². The van der Waals surface area contributed by atoms with Crippen LogP contribution in [0.25, 0.3) is 0 Å². The molecule has 0 spiro atoms. The molecule has 0 saturated carbocycles. The zero-order valence-electron chi connectivity index (χ0n) is 11.4. The van der Waals surface area contributed by atoms with E-state index < -0.39 is 16.8 Å². The quantitative estimate of drug-likeness (QED) is 0.700. The maximum Gasteiger partial charge on any atom is 0.335 e. The Hall–Kier alpha value is -1.16. The van der Waals surface area contributed by atoms with Crippen molar-refractivity contribution in [3.05, 3.63) is 29.8 Å². The maximum atomic E-state index is 12.0. The third-order valence-electron chi connectivity index (χ3n) is 3.05. The van der Waals surface area contributed by atoms with Gasteiger partial charge in [0.1, 0.15) is 0 Å². The summed E-state index contributed by atoms with van der Waals surface area (Å²) in [4.78, 5) is 11.4. The molecule has 0 heterocycles.